The average Bonchev–Trinajstić information content (AvgIpc) is 2.84. The summed E-state index contributed by atoms with van der Waals surface area (Å²) in [6.07, 6.45) is 9.95. The highest BCUT2D eigenvalue weighted by Crippen LogP contribution is 2.27. The van der Waals surface area contributed by atoms with Crippen LogP contribution in [0.15, 0.2) is 54.6 Å². The summed E-state index contributed by atoms with van der Waals surface area (Å²) < 4.78 is 0. The van der Waals surface area contributed by atoms with Crippen LogP contribution in [0.4, 0.5) is 0 Å². The van der Waals surface area contributed by atoms with E-state index >= 15 is 0 Å². The molecule has 2 fully saturated rings. The highest BCUT2D eigenvalue weighted by molar-refractivity contribution is 5.94. The van der Waals surface area contributed by atoms with Crippen LogP contribution in [0.25, 0.3) is 11.1 Å². The quantitative estimate of drug-likeness (QED) is 0.679. The highest BCUT2D eigenvalue weighted by atomic mass is 16.2. The number of rotatable bonds is 6. The zero-order chi connectivity index (χ0) is 21.5. The third kappa shape index (κ3) is 5.96. The van der Waals surface area contributed by atoms with Gasteiger partial charge in [-0.15, -0.1) is 0 Å². The van der Waals surface area contributed by atoms with Gasteiger partial charge in [0.1, 0.15) is 0 Å². The number of piperidine rings is 1. The van der Waals surface area contributed by atoms with Crippen molar-refractivity contribution >= 4 is 11.8 Å². The maximum atomic E-state index is 12.9. The van der Waals surface area contributed by atoms with Crippen LogP contribution in [0.5, 0.6) is 0 Å². The van der Waals surface area contributed by atoms with Crippen molar-refractivity contribution in [3.63, 3.8) is 0 Å². The van der Waals surface area contributed by atoms with Gasteiger partial charge in [0.2, 0.25) is 5.91 Å². The number of carbonyl (C=O) groups is 2. The van der Waals surface area contributed by atoms with E-state index in [2.05, 4.69) is 17.4 Å². The average molecular weight is 419 g/mol. The van der Waals surface area contributed by atoms with Crippen LogP contribution in [0.2, 0.25) is 0 Å². The Bertz CT molecular complexity index is 849. The second-order valence-electron chi connectivity index (χ2n) is 9.12. The van der Waals surface area contributed by atoms with E-state index < -0.39 is 0 Å². The second kappa shape index (κ2) is 10.6. The van der Waals surface area contributed by atoms with Crippen molar-refractivity contribution in [2.45, 2.75) is 63.8 Å². The van der Waals surface area contributed by atoms with Gasteiger partial charge in [0.15, 0.2) is 0 Å². The summed E-state index contributed by atoms with van der Waals surface area (Å²) in [5.41, 5.74) is 3.00. The van der Waals surface area contributed by atoms with Crippen LogP contribution >= 0.6 is 0 Å². The highest BCUT2D eigenvalue weighted by Gasteiger charge is 2.25. The summed E-state index contributed by atoms with van der Waals surface area (Å²) in [7, 11) is 0. The standard InChI is InChI=1S/C27H34N2O2/c30-26(16-11-21-7-3-1-4-8-21)28-25-17-19-29(20-18-25)27(31)24-14-12-23(13-15-24)22-9-5-2-6-10-22/h2,5-6,9-10,12-15,21,25H,1,3-4,7-8,11,16-20H2,(H,28,30). The molecule has 1 heterocycles. The summed E-state index contributed by atoms with van der Waals surface area (Å²) in [6, 6.07) is 18.3. The van der Waals surface area contributed by atoms with Crippen LogP contribution in [0, 0.1) is 5.92 Å². The van der Waals surface area contributed by atoms with Crippen molar-refractivity contribution in [1.82, 2.24) is 10.2 Å². The zero-order valence-corrected chi connectivity index (χ0v) is 18.4. The van der Waals surface area contributed by atoms with E-state index in [0.717, 1.165) is 41.9 Å². The van der Waals surface area contributed by atoms with Gasteiger partial charge in [-0.1, -0.05) is 74.6 Å². The largest absolute Gasteiger partial charge is 0.353 e. The number of nitrogens with one attached hydrogen (secondary N) is 1. The van der Waals surface area contributed by atoms with Gasteiger partial charge in [-0.25, -0.2) is 0 Å². The summed E-state index contributed by atoms with van der Waals surface area (Å²) in [5.74, 6) is 1.01. The lowest BCUT2D eigenvalue weighted by atomic mass is 9.86. The first kappa shape index (κ1) is 21.6. The molecule has 31 heavy (non-hydrogen) atoms. The summed E-state index contributed by atoms with van der Waals surface area (Å²) in [5, 5.41) is 3.21. The van der Waals surface area contributed by atoms with Gasteiger partial charge in [0.05, 0.1) is 0 Å². The van der Waals surface area contributed by atoms with E-state index in [1.54, 1.807) is 0 Å². The Kier molecular flexibility index (Phi) is 7.39. The maximum absolute atomic E-state index is 12.9. The van der Waals surface area contributed by atoms with E-state index in [1.165, 1.54) is 32.1 Å². The fourth-order valence-electron chi connectivity index (χ4n) is 4.96. The van der Waals surface area contributed by atoms with Crippen molar-refractivity contribution in [1.29, 1.82) is 0 Å². The Morgan fingerprint density at radius 3 is 2.13 bits per heavy atom. The number of benzene rings is 2. The van der Waals surface area contributed by atoms with E-state index in [1.807, 2.05) is 47.4 Å². The molecule has 1 aliphatic heterocycles. The van der Waals surface area contributed by atoms with E-state index in [9.17, 15) is 9.59 Å². The van der Waals surface area contributed by atoms with Gasteiger partial charge in [0.25, 0.3) is 5.91 Å². The van der Waals surface area contributed by atoms with Crippen LogP contribution < -0.4 is 5.32 Å². The number of nitrogens with zero attached hydrogens (tertiary/aromatic N) is 1. The van der Waals surface area contributed by atoms with Gasteiger partial charge in [0, 0.05) is 31.1 Å². The molecule has 0 spiro atoms. The molecule has 2 aromatic rings. The van der Waals surface area contributed by atoms with Crippen LogP contribution in [0.3, 0.4) is 0 Å². The molecule has 2 aromatic carbocycles. The van der Waals surface area contributed by atoms with Crippen molar-refractivity contribution < 1.29 is 9.59 Å². The molecule has 1 aliphatic carbocycles. The lowest BCUT2D eigenvalue weighted by molar-refractivity contribution is -0.122. The van der Waals surface area contributed by atoms with Crippen LogP contribution in [-0.2, 0) is 4.79 Å². The molecule has 0 atom stereocenters. The van der Waals surface area contributed by atoms with Crippen molar-refractivity contribution in [2.24, 2.45) is 5.92 Å². The fourth-order valence-corrected chi connectivity index (χ4v) is 4.96. The molecule has 0 aromatic heterocycles. The topological polar surface area (TPSA) is 49.4 Å². The number of amides is 2. The monoisotopic (exact) mass is 418 g/mol. The second-order valence-corrected chi connectivity index (χ2v) is 9.12. The Hall–Kier alpha value is -2.62. The first-order valence-corrected chi connectivity index (χ1v) is 11.9. The minimum absolute atomic E-state index is 0.0849. The smallest absolute Gasteiger partial charge is 0.253 e. The van der Waals surface area contributed by atoms with Crippen LogP contribution in [-0.4, -0.2) is 35.8 Å². The molecule has 4 nitrogen and oxygen atoms in total. The van der Waals surface area contributed by atoms with Gasteiger partial charge in [-0.05, 0) is 48.4 Å². The summed E-state index contributed by atoms with van der Waals surface area (Å²) in [6.45, 7) is 1.40. The Labute approximate surface area is 186 Å². The minimum Gasteiger partial charge on any atom is -0.353 e. The molecule has 0 radical (unpaired) electrons. The van der Waals surface area contributed by atoms with Crippen LogP contribution in [0.1, 0.15) is 68.1 Å². The van der Waals surface area contributed by atoms with E-state index in [0.29, 0.717) is 19.5 Å². The third-order valence-corrected chi connectivity index (χ3v) is 6.89. The zero-order valence-electron chi connectivity index (χ0n) is 18.4. The van der Waals surface area contributed by atoms with Gasteiger partial charge in [-0.3, -0.25) is 9.59 Å². The van der Waals surface area contributed by atoms with Gasteiger partial charge in [-0.2, -0.15) is 0 Å². The number of carbonyl (C=O) groups excluding carboxylic acids is 2. The number of hydrogen-bond donors (Lipinski definition) is 1. The molecule has 164 valence electrons. The van der Waals surface area contributed by atoms with E-state index in [-0.39, 0.29) is 17.9 Å². The van der Waals surface area contributed by atoms with Crippen molar-refractivity contribution in [3.05, 3.63) is 60.2 Å². The predicted molar refractivity (Wildman–Crippen MR) is 125 cm³/mol. The maximum Gasteiger partial charge on any atom is 0.253 e. The molecule has 0 unspecified atom stereocenters. The van der Waals surface area contributed by atoms with Crippen molar-refractivity contribution in [3.8, 4) is 11.1 Å². The van der Waals surface area contributed by atoms with Crippen molar-refractivity contribution in [2.75, 3.05) is 13.1 Å². The molecule has 0 bridgehead atoms. The SMILES string of the molecule is O=C(CCC1CCCCC1)NC1CCN(C(=O)c2ccc(-c3ccccc3)cc2)CC1. The number of hydrogen-bond acceptors (Lipinski definition) is 2. The Balaban J connectivity index is 1.22. The normalized spacial score (nSPS) is 18.0. The molecule has 4 heteroatoms. The molecule has 1 saturated heterocycles. The minimum atomic E-state index is 0.0849. The molecule has 1 saturated carbocycles. The molecule has 2 aliphatic rings. The Morgan fingerprint density at radius 1 is 0.806 bits per heavy atom. The van der Waals surface area contributed by atoms with Gasteiger partial charge < -0.3 is 10.2 Å². The predicted octanol–water partition coefficient (Wildman–Crippen LogP) is 5.43. The lowest BCUT2D eigenvalue weighted by Gasteiger charge is -2.32. The first-order valence-electron chi connectivity index (χ1n) is 11.9. The molecular weight excluding hydrogens is 384 g/mol. The van der Waals surface area contributed by atoms with Gasteiger partial charge >= 0.3 is 0 Å². The fraction of sp³-hybridized carbons (Fsp3) is 0.481. The van der Waals surface area contributed by atoms with E-state index in [4.69, 9.17) is 0 Å². The molecule has 2 amide bonds. The summed E-state index contributed by atoms with van der Waals surface area (Å²) in [4.78, 5) is 27.2. The molecular formula is C27H34N2O2. The number of likely N-dealkylation sites (tertiary alicyclic amines) is 1. The summed E-state index contributed by atoms with van der Waals surface area (Å²) >= 11 is 0. The lowest BCUT2D eigenvalue weighted by Crippen LogP contribution is -2.46. The first-order chi connectivity index (χ1) is 15.2. The Morgan fingerprint density at radius 2 is 1.45 bits per heavy atom. The third-order valence-electron chi connectivity index (χ3n) is 6.89. The molecule has 4 rings (SSSR count). The molecule has 1 N–H and O–H groups in total.